The van der Waals surface area contributed by atoms with Crippen LogP contribution in [-0.4, -0.2) is 20.4 Å². The van der Waals surface area contributed by atoms with Gasteiger partial charge in [-0.1, -0.05) is 29.8 Å². The first kappa shape index (κ1) is 15.0. The minimum atomic E-state index is -0.317. The first-order chi connectivity index (χ1) is 11.1. The summed E-state index contributed by atoms with van der Waals surface area (Å²) in [6.45, 7) is 2.03. The molecule has 0 aliphatic heterocycles. The van der Waals surface area contributed by atoms with E-state index in [-0.39, 0.29) is 11.9 Å². The third kappa shape index (κ3) is 3.29. The van der Waals surface area contributed by atoms with E-state index in [0.29, 0.717) is 5.56 Å². The minimum Gasteiger partial charge on any atom is -0.338 e. The molecular weight excluding hydrogens is 288 g/mol. The van der Waals surface area contributed by atoms with Crippen LogP contribution >= 0.6 is 0 Å². The third-order valence-corrected chi connectivity index (χ3v) is 3.69. The molecule has 1 amide bonds. The Morgan fingerprint density at radius 3 is 2.74 bits per heavy atom. The molecule has 3 aromatic rings. The summed E-state index contributed by atoms with van der Waals surface area (Å²) in [7, 11) is 1.92. The highest BCUT2D eigenvalue weighted by Gasteiger charge is 2.21. The number of imidazole rings is 1. The van der Waals surface area contributed by atoms with Crippen molar-refractivity contribution in [3.05, 3.63) is 83.7 Å². The highest BCUT2D eigenvalue weighted by Crippen LogP contribution is 2.22. The molecule has 0 saturated carbocycles. The van der Waals surface area contributed by atoms with E-state index in [4.69, 9.17) is 0 Å². The lowest BCUT2D eigenvalue weighted by molar-refractivity contribution is 0.0941. The number of rotatable bonds is 4. The molecule has 2 aromatic heterocycles. The van der Waals surface area contributed by atoms with E-state index in [1.807, 2.05) is 42.9 Å². The van der Waals surface area contributed by atoms with Crippen LogP contribution in [0.3, 0.4) is 0 Å². The van der Waals surface area contributed by atoms with Crippen molar-refractivity contribution in [3.8, 4) is 0 Å². The quantitative estimate of drug-likeness (QED) is 0.806. The Morgan fingerprint density at radius 2 is 2.09 bits per heavy atom. The molecule has 2 heterocycles. The average Bonchev–Trinajstić information content (AvgIpc) is 2.99. The summed E-state index contributed by atoms with van der Waals surface area (Å²) >= 11 is 0. The first-order valence-corrected chi connectivity index (χ1v) is 7.40. The van der Waals surface area contributed by atoms with Crippen molar-refractivity contribution in [2.45, 2.75) is 13.0 Å². The molecule has 0 bridgehead atoms. The number of aromatic nitrogens is 3. The standard InChI is InChI=1S/C18H18N4O/c1-13-5-3-6-14(11-13)16(17-20-9-10-22(17)2)21-18(23)15-7-4-8-19-12-15/h3-12,16H,1-2H3,(H,21,23). The highest BCUT2D eigenvalue weighted by molar-refractivity contribution is 5.94. The van der Waals surface area contributed by atoms with Crippen molar-refractivity contribution in [1.29, 1.82) is 0 Å². The zero-order valence-electron chi connectivity index (χ0n) is 13.1. The lowest BCUT2D eigenvalue weighted by Gasteiger charge is -2.19. The molecule has 0 aliphatic carbocycles. The van der Waals surface area contributed by atoms with E-state index in [0.717, 1.165) is 17.0 Å². The second-order valence-electron chi connectivity index (χ2n) is 5.46. The number of nitrogens with one attached hydrogen (secondary N) is 1. The molecule has 1 aromatic carbocycles. The molecule has 0 fully saturated rings. The summed E-state index contributed by atoms with van der Waals surface area (Å²) in [4.78, 5) is 20.9. The van der Waals surface area contributed by atoms with Gasteiger partial charge in [-0.3, -0.25) is 9.78 Å². The normalized spacial score (nSPS) is 11.9. The van der Waals surface area contributed by atoms with Gasteiger partial charge in [-0.15, -0.1) is 0 Å². The van der Waals surface area contributed by atoms with Crippen molar-refractivity contribution in [2.75, 3.05) is 0 Å². The molecule has 116 valence electrons. The molecule has 5 nitrogen and oxygen atoms in total. The summed E-state index contributed by atoms with van der Waals surface area (Å²) in [6, 6.07) is 11.2. The SMILES string of the molecule is Cc1cccc(C(NC(=O)c2cccnc2)c2nccn2C)c1. The van der Waals surface area contributed by atoms with Gasteiger partial charge in [-0.05, 0) is 24.6 Å². The van der Waals surface area contributed by atoms with Crippen LogP contribution in [0.1, 0.15) is 33.4 Å². The van der Waals surface area contributed by atoms with Crippen LogP contribution in [0.4, 0.5) is 0 Å². The summed E-state index contributed by atoms with van der Waals surface area (Å²) in [5, 5.41) is 3.06. The lowest BCUT2D eigenvalue weighted by atomic mass is 10.0. The van der Waals surface area contributed by atoms with Gasteiger partial charge >= 0.3 is 0 Å². The predicted molar refractivity (Wildman–Crippen MR) is 87.9 cm³/mol. The van der Waals surface area contributed by atoms with E-state index < -0.39 is 0 Å². The van der Waals surface area contributed by atoms with Gasteiger partial charge in [0.2, 0.25) is 0 Å². The largest absolute Gasteiger partial charge is 0.338 e. The van der Waals surface area contributed by atoms with Gasteiger partial charge < -0.3 is 9.88 Å². The Morgan fingerprint density at radius 1 is 1.22 bits per heavy atom. The number of benzene rings is 1. The molecule has 1 atom stereocenters. The fourth-order valence-electron chi connectivity index (χ4n) is 2.51. The number of carbonyl (C=O) groups excluding carboxylic acids is 1. The van der Waals surface area contributed by atoms with Gasteiger partial charge in [0.1, 0.15) is 11.9 Å². The van der Waals surface area contributed by atoms with Crippen molar-refractivity contribution in [3.63, 3.8) is 0 Å². The Bertz CT molecular complexity index is 811. The first-order valence-electron chi connectivity index (χ1n) is 7.40. The summed E-state index contributed by atoms with van der Waals surface area (Å²) < 4.78 is 1.91. The van der Waals surface area contributed by atoms with E-state index >= 15 is 0 Å². The molecule has 0 saturated heterocycles. The van der Waals surface area contributed by atoms with E-state index in [1.54, 1.807) is 30.7 Å². The van der Waals surface area contributed by atoms with Crippen molar-refractivity contribution >= 4 is 5.91 Å². The molecule has 3 rings (SSSR count). The van der Waals surface area contributed by atoms with Gasteiger partial charge in [0.25, 0.3) is 5.91 Å². The van der Waals surface area contributed by atoms with Crippen molar-refractivity contribution in [2.24, 2.45) is 7.05 Å². The van der Waals surface area contributed by atoms with Crippen LogP contribution in [0.2, 0.25) is 0 Å². The zero-order chi connectivity index (χ0) is 16.2. The number of pyridine rings is 1. The van der Waals surface area contributed by atoms with Crippen molar-refractivity contribution in [1.82, 2.24) is 19.9 Å². The van der Waals surface area contributed by atoms with E-state index in [2.05, 4.69) is 21.4 Å². The van der Waals surface area contributed by atoms with E-state index in [9.17, 15) is 4.79 Å². The number of nitrogens with zero attached hydrogens (tertiary/aromatic N) is 3. The monoisotopic (exact) mass is 306 g/mol. The maximum absolute atomic E-state index is 12.5. The molecular formula is C18H18N4O. The number of amides is 1. The fraction of sp³-hybridized carbons (Fsp3) is 0.167. The number of carbonyl (C=O) groups is 1. The minimum absolute atomic E-state index is 0.174. The number of aryl methyl sites for hydroxylation is 2. The summed E-state index contributed by atoms with van der Waals surface area (Å²) in [5.41, 5.74) is 2.66. The Labute approximate surface area is 135 Å². The molecule has 0 spiro atoms. The van der Waals surface area contributed by atoms with Gasteiger partial charge in [0.15, 0.2) is 0 Å². The van der Waals surface area contributed by atoms with Crippen LogP contribution in [-0.2, 0) is 7.05 Å². The van der Waals surface area contributed by atoms with Gasteiger partial charge in [0, 0.05) is 31.8 Å². The van der Waals surface area contributed by atoms with Crippen LogP contribution < -0.4 is 5.32 Å². The average molecular weight is 306 g/mol. The third-order valence-electron chi connectivity index (χ3n) is 3.69. The van der Waals surface area contributed by atoms with Crippen LogP contribution in [0.5, 0.6) is 0 Å². The van der Waals surface area contributed by atoms with Gasteiger partial charge in [-0.2, -0.15) is 0 Å². The maximum atomic E-state index is 12.5. The predicted octanol–water partition coefficient (Wildman–Crippen LogP) is 2.64. The number of hydrogen-bond donors (Lipinski definition) is 1. The maximum Gasteiger partial charge on any atom is 0.253 e. The topological polar surface area (TPSA) is 59.8 Å². The smallest absolute Gasteiger partial charge is 0.253 e. The Kier molecular flexibility index (Phi) is 4.19. The number of hydrogen-bond acceptors (Lipinski definition) is 3. The molecule has 23 heavy (non-hydrogen) atoms. The van der Waals surface area contributed by atoms with Crippen molar-refractivity contribution < 1.29 is 4.79 Å². The van der Waals surface area contributed by atoms with Crippen LogP contribution in [0.15, 0.2) is 61.2 Å². The molecule has 1 unspecified atom stereocenters. The zero-order valence-corrected chi connectivity index (χ0v) is 13.1. The second-order valence-corrected chi connectivity index (χ2v) is 5.46. The summed E-state index contributed by atoms with van der Waals surface area (Å²) in [5.74, 6) is 0.612. The van der Waals surface area contributed by atoms with Gasteiger partial charge in [-0.25, -0.2) is 4.98 Å². The fourth-order valence-corrected chi connectivity index (χ4v) is 2.51. The van der Waals surface area contributed by atoms with E-state index in [1.165, 1.54) is 0 Å². The Hall–Kier alpha value is -2.95. The van der Waals surface area contributed by atoms with Crippen LogP contribution in [0.25, 0.3) is 0 Å². The Balaban J connectivity index is 1.96. The second kappa shape index (κ2) is 6.44. The molecule has 0 radical (unpaired) electrons. The lowest BCUT2D eigenvalue weighted by Crippen LogP contribution is -2.31. The molecule has 5 heteroatoms. The molecule has 1 N–H and O–H groups in total. The van der Waals surface area contributed by atoms with Gasteiger partial charge in [0.05, 0.1) is 5.56 Å². The molecule has 0 aliphatic rings. The van der Waals surface area contributed by atoms with Crippen LogP contribution in [0, 0.1) is 6.92 Å². The summed E-state index contributed by atoms with van der Waals surface area (Å²) in [6.07, 6.45) is 6.80. The highest BCUT2D eigenvalue weighted by atomic mass is 16.1.